The van der Waals surface area contributed by atoms with Gasteiger partial charge >= 0.3 is 5.97 Å². The van der Waals surface area contributed by atoms with Crippen molar-refractivity contribution >= 4 is 29.5 Å². The zero-order chi connectivity index (χ0) is 19.4. The molecule has 3 N–H and O–H groups in total. The largest absolute Gasteiger partial charge is 0.456 e. The first-order valence-electron chi connectivity index (χ1n) is 8.39. The highest BCUT2D eigenvalue weighted by Gasteiger charge is 2.33. The summed E-state index contributed by atoms with van der Waals surface area (Å²) in [6.07, 6.45) is 1.32. The Morgan fingerprint density at radius 3 is 2.74 bits per heavy atom. The molecule has 142 valence electrons. The average molecular weight is 374 g/mol. The summed E-state index contributed by atoms with van der Waals surface area (Å²) in [5.41, 5.74) is 6.23. The minimum absolute atomic E-state index is 0.0492. The van der Waals surface area contributed by atoms with E-state index in [4.69, 9.17) is 10.5 Å². The zero-order valence-corrected chi connectivity index (χ0v) is 14.7. The van der Waals surface area contributed by atoms with Gasteiger partial charge in [0.2, 0.25) is 17.8 Å². The molecule has 0 bridgehead atoms. The van der Waals surface area contributed by atoms with Crippen LogP contribution in [0.4, 0.5) is 22.0 Å². The molecule has 0 unspecified atom stereocenters. The summed E-state index contributed by atoms with van der Waals surface area (Å²) in [5.74, 6) is -0.777. The number of likely N-dealkylation sites (tertiary alicyclic amines) is 1. The Kier molecular flexibility index (Phi) is 5.43. The quantitative estimate of drug-likeness (QED) is 0.753. The number of rotatable bonds is 5. The summed E-state index contributed by atoms with van der Waals surface area (Å²) in [6.45, 7) is 1.76. The monoisotopic (exact) mass is 374 g/mol. The highest BCUT2D eigenvalue weighted by molar-refractivity contribution is 5.83. The van der Waals surface area contributed by atoms with Gasteiger partial charge < -0.3 is 20.7 Å². The summed E-state index contributed by atoms with van der Waals surface area (Å²) in [4.78, 5) is 37.3. The van der Waals surface area contributed by atoms with E-state index in [2.05, 4.69) is 20.3 Å². The number of nitrogen functional groups attached to an aromatic ring is 1. The van der Waals surface area contributed by atoms with Gasteiger partial charge in [-0.15, -0.1) is 0 Å². The third-order valence-corrected chi connectivity index (χ3v) is 4.07. The van der Waals surface area contributed by atoms with Gasteiger partial charge in [-0.3, -0.25) is 4.79 Å². The molecular formula is C17H19FN6O3. The first kappa shape index (κ1) is 18.5. The summed E-state index contributed by atoms with van der Waals surface area (Å²) >= 11 is 0. The third kappa shape index (κ3) is 4.66. The van der Waals surface area contributed by atoms with Crippen molar-refractivity contribution in [2.45, 2.75) is 32.4 Å². The van der Waals surface area contributed by atoms with Crippen molar-refractivity contribution in [3.8, 4) is 0 Å². The van der Waals surface area contributed by atoms with E-state index in [0.29, 0.717) is 18.7 Å². The highest BCUT2D eigenvalue weighted by atomic mass is 19.1. The van der Waals surface area contributed by atoms with Crippen molar-refractivity contribution in [3.05, 3.63) is 35.9 Å². The number of nitrogens with zero attached hydrogens (tertiary/aromatic N) is 4. The van der Waals surface area contributed by atoms with Crippen LogP contribution in [0.15, 0.2) is 24.3 Å². The van der Waals surface area contributed by atoms with E-state index < -0.39 is 12.0 Å². The second-order valence-corrected chi connectivity index (χ2v) is 6.04. The van der Waals surface area contributed by atoms with Gasteiger partial charge in [-0.2, -0.15) is 15.0 Å². The van der Waals surface area contributed by atoms with Gasteiger partial charge in [0.15, 0.2) is 12.4 Å². The topological polar surface area (TPSA) is 123 Å². The van der Waals surface area contributed by atoms with E-state index >= 15 is 0 Å². The second kappa shape index (κ2) is 7.94. The molecule has 2 heterocycles. The first-order chi connectivity index (χ1) is 12.9. The van der Waals surface area contributed by atoms with Crippen LogP contribution in [0.3, 0.4) is 0 Å². The lowest BCUT2D eigenvalue weighted by atomic mass is 10.2. The first-order valence-corrected chi connectivity index (χ1v) is 8.39. The van der Waals surface area contributed by atoms with E-state index in [1.54, 1.807) is 0 Å². The minimum Gasteiger partial charge on any atom is -0.456 e. The fourth-order valence-electron chi connectivity index (χ4n) is 2.84. The van der Waals surface area contributed by atoms with Gasteiger partial charge in [0, 0.05) is 19.2 Å². The van der Waals surface area contributed by atoms with Crippen molar-refractivity contribution in [3.63, 3.8) is 0 Å². The lowest BCUT2D eigenvalue weighted by Gasteiger charge is -2.21. The van der Waals surface area contributed by atoms with Crippen molar-refractivity contribution < 1.29 is 18.7 Å². The van der Waals surface area contributed by atoms with Gasteiger partial charge in [-0.05, 0) is 37.1 Å². The highest BCUT2D eigenvalue weighted by Crippen LogP contribution is 2.19. The Hall–Kier alpha value is -3.30. The maximum absolute atomic E-state index is 13.0. The molecule has 1 atom stereocenters. The summed E-state index contributed by atoms with van der Waals surface area (Å²) < 4.78 is 18.2. The summed E-state index contributed by atoms with van der Waals surface area (Å²) in [6, 6.07) is 5.03. The number of nitrogens with two attached hydrogens (primary N) is 1. The van der Waals surface area contributed by atoms with Crippen LogP contribution in [0.25, 0.3) is 0 Å². The van der Waals surface area contributed by atoms with E-state index in [0.717, 1.165) is 6.42 Å². The Labute approximate surface area is 154 Å². The molecule has 1 aliphatic rings. The van der Waals surface area contributed by atoms with E-state index in [1.165, 1.54) is 36.1 Å². The Bertz CT molecular complexity index is 845. The molecule has 3 rings (SSSR count). The summed E-state index contributed by atoms with van der Waals surface area (Å²) in [7, 11) is 0. The molecule has 1 fully saturated rings. The minimum atomic E-state index is -0.585. The van der Waals surface area contributed by atoms with Gasteiger partial charge in [-0.25, -0.2) is 9.18 Å². The Morgan fingerprint density at radius 1 is 1.30 bits per heavy atom. The number of carbonyl (C=O) groups is 2. The summed E-state index contributed by atoms with van der Waals surface area (Å²) in [5, 5.41) is 2.87. The maximum atomic E-state index is 13.0. The number of anilines is 3. The van der Waals surface area contributed by atoms with Crippen LogP contribution in [0, 0.1) is 5.82 Å². The number of carbonyl (C=O) groups excluding carboxylic acids is 2. The van der Waals surface area contributed by atoms with Crippen molar-refractivity contribution in [2.24, 2.45) is 0 Å². The van der Waals surface area contributed by atoms with Crippen LogP contribution in [-0.4, -0.2) is 44.3 Å². The molecule has 2 aromatic rings. The number of hydrogen-bond donors (Lipinski definition) is 2. The number of amides is 1. The number of nitrogens with one attached hydrogen (secondary N) is 1. The van der Waals surface area contributed by atoms with Gasteiger partial charge in [0.1, 0.15) is 11.9 Å². The SMILES string of the molecule is CC(=O)N1CCC[C@@H]1C(=O)OCc1nc(N)nc(Nc2ccc(F)cc2)n1. The van der Waals surface area contributed by atoms with E-state index in [9.17, 15) is 14.0 Å². The molecule has 9 nitrogen and oxygen atoms in total. The van der Waals surface area contributed by atoms with Crippen molar-refractivity contribution in [1.29, 1.82) is 0 Å². The van der Waals surface area contributed by atoms with Gasteiger partial charge in [-0.1, -0.05) is 0 Å². The Balaban J connectivity index is 1.65. The molecule has 1 saturated heterocycles. The van der Waals surface area contributed by atoms with Crippen LogP contribution in [0.5, 0.6) is 0 Å². The lowest BCUT2D eigenvalue weighted by molar-refractivity contribution is -0.154. The number of esters is 1. The third-order valence-electron chi connectivity index (χ3n) is 4.07. The standard InChI is InChI=1S/C17H19FN6O3/c1-10(25)24-8-2-3-13(24)15(26)27-9-14-21-16(19)23-17(22-14)20-12-6-4-11(18)5-7-12/h4-7,13H,2-3,8-9H2,1H3,(H3,19,20,21,22,23)/t13-/m1/s1. The number of ether oxygens (including phenoxy) is 1. The zero-order valence-electron chi connectivity index (χ0n) is 14.7. The molecule has 1 amide bonds. The predicted octanol–water partition coefficient (Wildman–Crippen LogP) is 1.39. The van der Waals surface area contributed by atoms with E-state index in [1.807, 2.05) is 0 Å². The number of hydrogen-bond acceptors (Lipinski definition) is 8. The molecular weight excluding hydrogens is 355 g/mol. The molecule has 1 aromatic heterocycles. The van der Waals surface area contributed by atoms with Gasteiger partial charge in [0.05, 0.1) is 0 Å². The van der Waals surface area contributed by atoms with E-state index in [-0.39, 0.29) is 36.1 Å². The fraction of sp³-hybridized carbons (Fsp3) is 0.353. The van der Waals surface area contributed by atoms with Crippen LogP contribution in [0.2, 0.25) is 0 Å². The number of benzene rings is 1. The Morgan fingerprint density at radius 2 is 2.04 bits per heavy atom. The smallest absolute Gasteiger partial charge is 0.329 e. The van der Waals surface area contributed by atoms with Crippen LogP contribution >= 0.6 is 0 Å². The number of aromatic nitrogens is 3. The predicted molar refractivity (Wildman–Crippen MR) is 94.1 cm³/mol. The van der Waals surface area contributed by atoms with Crippen LogP contribution < -0.4 is 11.1 Å². The molecule has 1 aromatic carbocycles. The molecule has 1 aliphatic heterocycles. The van der Waals surface area contributed by atoms with Crippen LogP contribution in [0.1, 0.15) is 25.6 Å². The fourth-order valence-corrected chi connectivity index (χ4v) is 2.84. The molecule has 0 saturated carbocycles. The average Bonchev–Trinajstić information content (AvgIpc) is 3.11. The molecule has 0 radical (unpaired) electrons. The second-order valence-electron chi connectivity index (χ2n) is 6.04. The van der Waals surface area contributed by atoms with Crippen LogP contribution in [-0.2, 0) is 20.9 Å². The molecule has 0 aliphatic carbocycles. The lowest BCUT2D eigenvalue weighted by Crippen LogP contribution is -2.40. The number of halogens is 1. The maximum Gasteiger partial charge on any atom is 0.329 e. The van der Waals surface area contributed by atoms with Crippen molar-refractivity contribution in [1.82, 2.24) is 19.9 Å². The molecule has 27 heavy (non-hydrogen) atoms. The van der Waals surface area contributed by atoms with Crippen molar-refractivity contribution in [2.75, 3.05) is 17.6 Å². The van der Waals surface area contributed by atoms with Gasteiger partial charge in [0.25, 0.3) is 0 Å². The normalized spacial score (nSPS) is 16.2. The molecule has 10 heteroatoms. The molecule has 0 spiro atoms.